The van der Waals surface area contributed by atoms with Gasteiger partial charge in [0.05, 0.1) is 5.39 Å². The average molecular weight is 435 g/mol. The predicted molar refractivity (Wildman–Crippen MR) is 104 cm³/mol. The molecule has 0 bridgehead atoms. The van der Waals surface area contributed by atoms with Crippen molar-refractivity contribution in [3.05, 3.63) is 52.0 Å². The Labute approximate surface area is 173 Å². The van der Waals surface area contributed by atoms with Gasteiger partial charge >= 0.3 is 6.18 Å². The van der Waals surface area contributed by atoms with Gasteiger partial charge in [-0.1, -0.05) is 25.8 Å². The number of anilines is 1. The fourth-order valence-electron chi connectivity index (χ4n) is 3.11. The molecular formula is C20H17F4N5O2. The first kappa shape index (κ1) is 22.0. The lowest BCUT2D eigenvalue weighted by atomic mass is 10.1. The van der Waals surface area contributed by atoms with Gasteiger partial charge in [-0.2, -0.15) is 18.4 Å². The number of rotatable bonds is 6. The highest BCUT2D eigenvalue weighted by Crippen LogP contribution is 2.35. The lowest BCUT2D eigenvalue weighted by molar-refractivity contribution is -0.142. The summed E-state index contributed by atoms with van der Waals surface area (Å²) in [4.78, 5) is 20.7. The third-order valence-corrected chi connectivity index (χ3v) is 4.53. The molecule has 7 nitrogen and oxygen atoms in total. The molecular weight excluding hydrogens is 418 g/mol. The van der Waals surface area contributed by atoms with Crippen molar-refractivity contribution in [3.8, 4) is 17.5 Å². The molecule has 162 valence electrons. The number of phenols is 1. The number of hydrogen-bond donors (Lipinski definition) is 2. The van der Waals surface area contributed by atoms with Crippen molar-refractivity contribution >= 4 is 16.7 Å². The zero-order valence-electron chi connectivity index (χ0n) is 16.3. The number of aromatic nitrogens is 3. The zero-order chi connectivity index (χ0) is 22.8. The molecule has 0 aliphatic rings. The molecule has 3 aromatic rings. The van der Waals surface area contributed by atoms with Crippen LogP contribution in [-0.2, 0) is 6.18 Å². The van der Waals surface area contributed by atoms with Gasteiger partial charge in [-0.25, -0.2) is 14.4 Å². The van der Waals surface area contributed by atoms with Crippen LogP contribution in [-0.4, -0.2) is 26.2 Å². The van der Waals surface area contributed by atoms with Gasteiger partial charge < -0.3 is 10.4 Å². The number of benzene rings is 1. The Morgan fingerprint density at radius 1 is 1.26 bits per heavy atom. The molecule has 31 heavy (non-hydrogen) atoms. The summed E-state index contributed by atoms with van der Waals surface area (Å²) < 4.78 is 56.0. The molecule has 0 saturated carbocycles. The third-order valence-electron chi connectivity index (χ3n) is 4.53. The van der Waals surface area contributed by atoms with E-state index in [9.17, 15) is 32.7 Å². The number of pyridine rings is 1. The number of unbranched alkanes of at least 4 members (excludes halogenated alkanes) is 2. The molecule has 0 saturated heterocycles. The second-order valence-electron chi connectivity index (χ2n) is 6.68. The molecule has 0 unspecified atom stereocenters. The molecule has 0 amide bonds. The summed E-state index contributed by atoms with van der Waals surface area (Å²) in [7, 11) is 0. The van der Waals surface area contributed by atoms with Crippen molar-refractivity contribution in [1.29, 1.82) is 5.26 Å². The fourth-order valence-corrected chi connectivity index (χ4v) is 3.11. The first-order chi connectivity index (χ1) is 14.7. The van der Waals surface area contributed by atoms with Crippen LogP contribution in [0.4, 0.5) is 23.4 Å². The van der Waals surface area contributed by atoms with E-state index in [0.29, 0.717) is 19.0 Å². The number of aromatic hydroxyl groups is 1. The van der Waals surface area contributed by atoms with Gasteiger partial charge in [-0.15, -0.1) is 0 Å². The summed E-state index contributed by atoms with van der Waals surface area (Å²) in [6.07, 6.45) is -2.62. The molecule has 11 heteroatoms. The number of hydrogen-bond acceptors (Lipinski definition) is 6. The molecule has 2 aromatic heterocycles. The Morgan fingerprint density at radius 3 is 2.61 bits per heavy atom. The number of halogens is 4. The topological polar surface area (TPSA) is 104 Å². The van der Waals surface area contributed by atoms with Gasteiger partial charge in [-0.3, -0.25) is 9.36 Å². The standard InChI is InChI=1S/C20H17F4N5O2/c1-2-3-4-8-26-18-11-9-14(20(22,23)24)29(17-12(21)6-5-7-13(17)30)19(31)16(11)27-15(10-25)28-18/h5-7,9,30H,2-4,8H2,1H3,(H,26,27,28). The van der Waals surface area contributed by atoms with Crippen LogP contribution in [0.25, 0.3) is 16.6 Å². The average Bonchev–Trinajstić information content (AvgIpc) is 2.71. The van der Waals surface area contributed by atoms with Crippen molar-refractivity contribution in [2.24, 2.45) is 0 Å². The fraction of sp³-hybridized carbons (Fsp3) is 0.300. The Kier molecular flexibility index (Phi) is 6.10. The van der Waals surface area contributed by atoms with E-state index in [1.54, 1.807) is 6.07 Å². The van der Waals surface area contributed by atoms with Crippen LogP contribution < -0.4 is 10.9 Å². The molecule has 0 atom stereocenters. The Hall–Kier alpha value is -3.68. The minimum absolute atomic E-state index is 0.0159. The maximum atomic E-state index is 14.4. The highest BCUT2D eigenvalue weighted by molar-refractivity contribution is 5.89. The maximum Gasteiger partial charge on any atom is 0.431 e. The largest absolute Gasteiger partial charge is 0.506 e. The number of nitriles is 1. The molecule has 3 rings (SSSR count). The van der Waals surface area contributed by atoms with E-state index in [-0.39, 0.29) is 15.8 Å². The summed E-state index contributed by atoms with van der Waals surface area (Å²) >= 11 is 0. The van der Waals surface area contributed by atoms with Crippen LogP contribution in [0, 0.1) is 17.1 Å². The zero-order valence-corrected chi connectivity index (χ0v) is 16.3. The van der Waals surface area contributed by atoms with Gasteiger partial charge in [0.1, 0.15) is 34.5 Å². The minimum Gasteiger partial charge on any atom is -0.506 e. The molecule has 0 radical (unpaired) electrons. The second-order valence-corrected chi connectivity index (χ2v) is 6.68. The van der Waals surface area contributed by atoms with Crippen LogP contribution in [0.1, 0.15) is 37.7 Å². The molecule has 0 aliphatic heterocycles. The van der Waals surface area contributed by atoms with Gasteiger partial charge in [0.25, 0.3) is 5.56 Å². The van der Waals surface area contributed by atoms with E-state index >= 15 is 0 Å². The number of nitrogens with zero attached hydrogens (tertiary/aromatic N) is 4. The maximum absolute atomic E-state index is 14.4. The summed E-state index contributed by atoms with van der Waals surface area (Å²) in [5, 5.41) is 21.8. The Bertz CT molecular complexity index is 1210. The van der Waals surface area contributed by atoms with Crippen LogP contribution in [0.2, 0.25) is 0 Å². The molecule has 0 fully saturated rings. The van der Waals surface area contributed by atoms with Crippen LogP contribution >= 0.6 is 0 Å². The molecule has 0 aliphatic carbocycles. The van der Waals surface area contributed by atoms with Crippen molar-refractivity contribution in [2.75, 3.05) is 11.9 Å². The van der Waals surface area contributed by atoms with Crippen molar-refractivity contribution in [3.63, 3.8) is 0 Å². The number of phenolic OH excluding ortho intramolecular Hbond substituents is 1. The molecule has 0 spiro atoms. The van der Waals surface area contributed by atoms with Crippen LogP contribution in [0.5, 0.6) is 5.75 Å². The summed E-state index contributed by atoms with van der Waals surface area (Å²) in [5.74, 6) is -2.64. The monoisotopic (exact) mass is 435 g/mol. The smallest absolute Gasteiger partial charge is 0.431 e. The minimum atomic E-state index is -5.07. The molecule has 2 heterocycles. The van der Waals surface area contributed by atoms with E-state index in [4.69, 9.17) is 0 Å². The van der Waals surface area contributed by atoms with Gasteiger partial charge in [0.15, 0.2) is 5.82 Å². The second kappa shape index (κ2) is 8.59. The number of nitrogens with one attached hydrogen (secondary N) is 1. The van der Waals surface area contributed by atoms with E-state index in [1.165, 1.54) is 0 Å². The van der Waals surface area contributed by atoms with E-state index in [2.05, 4.69) is 15.3 Å². The summed E-state index contributed by atoms with van der Waals surface area (Å²) in [6.45, 7) is 2.33. The van der Waals surface area contributed by atoms with E-state index < -0.39 is 46.0 Å². The van der Waals surface area contributed by atoms with E-state index in [0.717, 1.165) is 31.0 Å². The van der Waals surface area contributed by atoms with Gasteiger partial charge in [0, 0.05) is 6.54 Å². The summed E-state index contributed by atoms with van der Waals surface area (Å²) in [6, 6.07) is 5.12. The van der Waals surface area contributed by atoms with Gasteiger partial charge in [0.2, 0.25) is 5.82 Å². The number of para-hydroxylation sites is 1. The molecule has 1 aromatic carbocycles. The highest BCUT2D eigenvalue weighted by Gasteiger charge is 2.37. The summed E-state index contributed by atoms with van der Waals surface area (Å²) in [5.41, 5.74) is -4.34. The number of alkyl halides is 3. The Morgan fingerprint density at radius 2 is 2.00 bits per heavy atom. The van der Waals surface area contributed by atoms with Crippen molar-refractivity contribution < 1.29 is 22.7 Å². The van der Waals surface area contributed by atoms with E-state index in [1.807, 2.05) is 6.92 Å². The quantitative estimate of drug-likeness (QED) is 0.446. The lowest BCUT2D eigenvalue weighted by Gasteiger charge is -2.18. The highest BCUT2D eigenvalue weighted by atomic mass is 19.4. The molecule has 2 N–H and O–H groups in total. The predicted octanol–water partition coefficient (Wildman–Crippen LogP) is 4.12. The van der Waals surface area contributed by atoms with Crippen LogP contribution in [0.3, 0.4) is 0 Å². The van der Waals surface area contributed by atoms with Crippen molar-refractivity contribution in [1.82, 2.24) is 14.5 Å². The normalized spacial score (nSPS) is 11.5. The first-order valence-electron chi connectivity index (χ1n) is 9.35. The SMILES string of the molecule is CCCCCNc1nc(C#N)nc2c(=O)n(-c3c(O)cccc3F)c(C(F)(F)F)cc12. The number of fused-ring (bicyclic) bond motifs is 1. The van der Waals surface area contributed by atoms with Crippen molar-refractivity contribution in [2.45, 2.75) is 32.4 Å². The first-order valence-corrected chi connectivity index (χ1v) is 9.35. The van der Waals surface area contributed by atoms with Crippen LogP contribution in [0.15, 0.2) is 29.1 Å². The lowest BCUT2D eigenvalue weighted by Crippen LogP contribution is -2.29. The Balaban J connectivity index is 2.37. The third kappa shape index (κ3) is 4.28. The van der Waals surface area contributed by atoms with Gasteiger partial charge in [-0.05, 0) is 24.6 Å².